The number of benzene rings is 1. The molecule has 2 N–H and O–H groups in total. The van der Waals surface area contributed by atoms with Gasteiger partial charge in [0.1, 0.15) is 0 Å². The minimum atomic E-state index is -0.876. The summed E-state index contributed by atoms with van der Waals surface area (Å²) in [5.41, 5.74) is 2.13. The molecule has 2 atom stereocenters. The highest BCUT2D eigenvalue weighted by atomic mass is 35.5. The predicted octanol–water partition coefficient (Wildman–Crippen LogP) is 3.99. The molecule has 0 saturated heterocycles. The zero-order valence-corrected chi connectivity index (χ0v) is 12.4. The quantitative estimate of drug-likeness (QED) is 0.827. The number of rotatable bonds is 4. The van der Waals surface area contributed by atoms with Gasteiger partial charge < -0.3 is 10.4 Å². The fourth-order valence-corrected chi connectivity index (χ4v) is 2.60. The Labute approximate surface area is 127 Å². The molecule has 0 amide bonds. The van der Waals surface area contributed by atoms with Crippen LogP contribution in [0.3, 0.4) is 0 Å². The van der Waals surface area contributed by atoms with Crippen molar-refractivity contribution in [2.45, 2.75) is 18.7 Å². The molecule has 1 aromatic carbocycles. The van der Waals surface area contributed by atoms with Crippen LogP contribution in [0.4, 0.5) is 5.69 Å². The van der Waals surface area contributed by atoms with Crippen molar-refractivity contribution >= 4 is 34.9 Å². The fraction of sp³-hybridized carbons (Fsp3) is 0.267. The van der Waals surface area contributed by atoms with Crippen molar-refractivity contribution in [3.05, 3.63) is 52.7 Å². The number of alkyl halides is 1. The van der Waals surface area contributed by atoms with Gasteiger partial charge in [-0.15, -0.1) is 11.6 Å². The molecule has 0 aromatic heterocycles. The lowest BCUT2D eigenvalue weighted by Crippen LogP contribution is -2.22. The molecule has 0 bridgehead atoms. The highest BCUT2D eigenvalue weighted by Gasteiger charge is 2.24. The largest absolute Gasteiger partial charge is 0.481 e. The number of nitrogens with one attached hydrogen (secondary N) is 1. The Morgan fingerprint density at radius 1 is 1.40 bits per heavy atom. The first-order chi connectivity index (χ1) is 9.49. The number of carboxylic acid groups (broad SMARTS) is 1. The molecule has 106 valence electrons. The number of halogens is 2. The minimum absolute atomic E-state index is 0.0492. The first-order valence-electron chi connectivity index (χ1n) is 6.27. The topological polar surface area (TPSA) is 49.3 Å². The summed E-state index contributed by atoms with van der Waals surface area (Å²) in [6, 6.07) is 7.24. The van der Waals surface area contributed by atoms with Crippen molar-refractivity contribution in [1.29, 1.82) is 0 Å². The van der Waals surface area contributed by atoms with Gasteiger partial charge in [-0.3, -0.25) is 4.79 Å². The van der Waals surface area contributed by atoms with E-state index in [2.05, 4.69) is 5.32 Å². The maximum Gasteiger partial charge on any atom is 0.307 e. The van der Waals surface area contributed by atoms with Crippen LogP contribution in [-0.2, 0) is 11.2 Å². The summed E-state index contributed by atoms with van der Waals surface area (Å²) >= 11 is 12.5. The first-order valence-corrected chi connectivity index (χ1v) is 7.09. The Bertz CT molecular complexity index is 581. The number of para-hydroxylation sites is 1. The maximum absolute atomic E-state index is 10.9. The van der Waals surface area contributed by atoms with Gasteiger partial charge in [0.15, 0.2) is 0 Å². The molecule has 1 aliphatic carbocycles. The van der Waals surface area contributed by atoms with Crippen LogP contribution in [0.25, 0.3) is 0 Å². The Hall–Kier alpha value is -1.45. The molecule has 0 radical (unpaired) electrons. The predicted molar refractivity (Wildman–Crippen MR) is 82.2 cm³/mol. The Kier molecular flexibility index (Phi) is 4.73. The first kappa shape index (κ1) is 14.9. The molecule has 3 nitrogen and oxygen atoms in total. The standard InChI is InChI=1S/C15H15Cl2NO2/c1-9-6-7-11(16)15(14(9)17)18-12-5-3-2-4-10(12)8-13(19)20/h2-7,9,14,18H,8H2,1H3,(H,19,20). The van der Waals surface area contributed by atoms with Crippen LogP contribution in [0.15, 0.2) is 47.1 Å². The Balaban J connectivity index is 2.30. The number of aliphatic carboxylic acids is 1. The molecule has 0 spiro atoms. The van der Waals surface area contributed by atoms with Gasteiger partial charge in [0.05, 0.1) is 22.5 Å². The molecule has 20 heavy (non-hydrogen) atoms. The second-order valence-electron chi connectivity index (χ2n) is 4.73. The highest BCUT2D eigenvalue weighted by molar-refractivity contribution is 6.33. The van der Waals surface area contributed by atoms with Gasteiger partial charge in [0, 0.05) is 5.69 Å². The lowest BCUT2D eigenvalue weighted by Gasteiger charge is -2.25. The van der Waals surface area contributed by atoms with E-state index in [9.17, 15) is 4.79 Å². The Morgan fingerprint density at radius 2 is 2.10 bits per heavy atom. The molecule has 1 aromatic rings. The van der Waals surface area contributed by atoms with Gasteiger partial charge in [-0.25, -0.2) is 0 Å². The third kappa shape index (κ3) is 3.35. The molecular weight excluding hydrogens is 297 g/mol. The van der Waals surface area contributed by atoms with E-state index in [4.69, 9.17) is 28.3 Å². The number of hydrogen-bond acceptors (Lipinski definition) is 2. The van der Waals surface area contributed by atoms with E-state index >= 15 is 0 Å². The van der Waals surface area contributed by atoms with Crippen LogP contribution >= 0.6 is 23.2 Å². The lowest BCUT2D eigenvalue weighted by molar-refractivity contribution is -0.136. The van der Waals surface area contributed by atoms with Gasteiger partial charge in [0.25, 0.3) is 0 Å². The van der Waals surface area contributed by atoms with E-state index in [1.54, 1.807) is 12.1 Å². The minimum Gasteiger partial charge on any atom is -0.481 e. The average molecular weight is 312 g/mol. The van der Waals surface area contributed by atoms with Gasteiger partial charge in [0.2, 0.25) is 0 Å². The molecule has 0 heterocycles. The number of carbonyl (C=O) groups is 1. The van der Waals surface area contributed by atoms with E-state index < -0.39 is 5.97 Å². The second-order valence-corrected chi connectivity index (χ2v) is 5.61. The van der Waals surface area contributed by atoms with Crippen LogP contribution in [0.5, 0.6) is 0 Å². The zero-order valence-electron chi connectivity index (χ0n) is 10.9. The van der Waals surface area contributed by atoms with Crippen LogP contribution in [-0.4, -0.2) is 16.5 Å². The number of anilines is 1. The van der Waals surface area contributed by atoms with Crippen molar-refractivity contribution in [2.24, 2.45) is 5.92 Å². The lowest BCUT2D eigenvalue weighted by atomic mass is 9.99. The monoisotopic (exact) mass is 311 g/mol. The molecule has 2 rings (SSSR count). The zero-order chi connectivity index (χ0) is 14.7. The van der Waals surface area contributed by atoms with Crippen molar-refractivity contribution in [3.8, 4) is 0 Å². The molecule has 5 heteroatoms. The normalized spacial score (nSPS) is 21.9. The number of allylic oxidation sites excluding steroid dienone is 4. The third-order valence-electron chi connectivity index (χ3n) is 3.17. The van der Waals surface area contributed by atoms with Crippen molar-refractivity contribution in [1.82, 2.24) is 0 Å². The van der Waals surface area contributed by atoms with Crippen LogP contribution in [0.1, 0.15) is 12.5 Å². The van der Waals surface area contributed by atoms with Crippen LogP contribution in [0, 0.1) is 5.92 Å². The molecular formula is C15H15Cl2NO2. The van der Waals surface area contributed by atoms with Gasteiger partial charge in [-0.05, 0) is 23.6 Å². The van der Waals surface area contributed by atoms with Crippen molar-refractivity contribution in [2.75, 3.05) is 5.32 Å². The van der Waals surface area contributed by atoms with Crippen molar-refractivity contribution < 1.29 is 9.90 Å². The summed E-state index contributed by atoms with van der Waals surface area (Å²) < 4.78 is 0. The van der Waals surface area contributed by atoms with E-state index in [-0.39, 0.29) is 17.7 Å². The van der Waals surface area contributed by atoms with Gasteiger partial charge in [-0.2, -0.15) is 0 Å². The number of hydrogen-bond donors (Lipinski definition) is 2. The summed E-state index contributed by atoms with van der Waals surface area (Å²) in [5.74, 6) is -0.716. The smallest absolute Gasteiger partial charge is 0.307 e. The molecule has 1 aliphatic rings. The maximum atomic E-state index is 10.9. The summed E-state index contributed by atoms with van der Waals surface area (Å²) in [4.78, 5) is 10.9. The summed E-state index contributed by atoms with van der Waals surface area (Å²) in [6.07, 6.45) is 3.72. The summed E-state index contributed by atoms with van der Waals surface area (Å²) in [5, 5.41) is 12.4. The summed E-state index contributed by atoms with van der Waals surface area (Å²) in [7, 11) is 0. The highest BCUT2D eigenvalue weighted by Crippen LogP contribution is 2.32. The van der Waals surface area contributed by atoms with E-state index in [0.29, 0.717) is 16.3 Å². The van der Waals surface area contributed by atoms with Crippen molar-refractivity contribution in [3.63, 3.8) is 0 Å². The molecule has 0 fully saturated rings. The van der Waals surface area contributed by atoms with Crippen LogP contribution < -0.4 is 5.32 Å². The Morgan fingerprint density at radius 3 is 2.80 bits per heavy atom. The summed E-state index contributed by atoms with van der Waals surface area (Å²) in [6.45, 7) is 2.00. The van der Waals surface area contributed by atoms with Gasteiger partial charge >= 0.3 is 5.97 Å². The fourth-order valence-electron chi connectivity index (χ4n) is 2.05. The van der Waals surface area contributed by atoms with Gasteiger partial charge in [-0.1, -0.05) is 42.8 Å². The molecule has 0 aliphatic heterocycles. The van der Waals surface area contributed by atoms with Crippen LogP contribution in [0.2, 0.25) is 0 Å². The second kappa shape index (κ2) is 6.33. The SMILES string of the molecule is CC1C=CC(Cl)=C(Nc2ccccc2CC(=O)O)C1Cl. The molecule has 0 saturated carbocycles. The van der Waals surface area contributed by atoms with E-state index in [1.807, 2.05) is 31.2 Å². The van der Waals surface area contributed by atoms with E-state index in [0.717, 1.165) is 5.69 Å². The molecule has 2 unspecified atom stereocenters. The van der Waals surface area contributed by atoms with E-state index in [1.165, 1.54) is 0 Å². The number of carboxylic acids is 1. The average Bonchev–Trinajstić information content (AvgIpc) is 2.40. The third-order valence-corrected chi connectivity index (χ3v) is 4.11.